The van der Waals surface area contributed by atoms with Gasteiger partial charge >= 0.3 is 0 Å². The van der Waals surface area contributed by atoms with Crippen LogP contribution in [0.4, 0.5) is 17.5 Å². The van der Waals surface area contributed by atoms with Crippen LogP contribution >= 0.6 is 46.6 Å². The molecule has 0 radical (unpaired) electrons. The molecule has 0 bridgehead atoms. The van der Waals surface area contributed by atoms with E-state index in [2.05, 4.69) is 20.3 Å². The van der Waals surface area contributed by atoms with Gasteiger partial charge in [0.15, 0.2) is 0 Å². The number of nitrogens with one attached hydrogen (secondary N) is 1. The number of nitrogens with zero attached hydrogens (tertiary/aromatic N) is 3. The Balaban J connectivity index is 1.87. The van der Waals surface area contributed by atoms with Crippen LogP contribution in [0.25, 0.3) is 0 Å². The molecule has 0 amide bonds. The molecular weight excluding hydrogens is 389 g/mol. The van der Waals surface area contributed by atoms with E-state index < -0.39 is 0 Å². The Kier molecular flexibility index (Phi) is 5.30. The third-order valence-corrected chi connectivity index (χ3v) is 4.64. The summed E-state index contributed by atoms with van der Waals surface area (Å²) >= 11 is 20.1. The first kappa shape index (κ1) is 17.1. The zero-order valence-electron chi connectivity index (χ0n) is 12.0. The maximum absolute atomic E-state index is 6.35. The lowest BCUT2D eigenvalue weighted by Gasteiger charge is -2.12. The molecule has 0 aliphatic carbocycles. The number of anilines is 3. The van der Waals surface area contributed by atoms with Crippen LogP contribution < -0.4 is 11.1 Å². The summed E-state index contributed by atoms with van der Waals surface area (Å²) in [5.74, 6) is 0.466. The van der Waals surface area contributed by atoms with Gasteiger partial charge in [-0.3, -0.25) is 4.98 Å². The van der Waals surface area contributed by atoms with E-state index in [1.807, 2.05) is 24.3 Å². The largest absolute Gasteiger partial charge is 0.368 e. The molecule has 0 spiro atoms. The number of halogens is 3. The summed E-state index contributed by atoms with van der Waals surface area (Å²) in [5, 5.41) is 4.14. The van der Waals surface area contributed by atoms with Gasteiger partial charge in [0.2, 0.25) is 5.95 Å². The van der Waals surface area contributed by atoms with Crippen LogP contribution in [0.2, 0.25) is 15.2 Å². The highest BCUT2D eigenvalue weighted by atomic mass is 35.5. The summed E-state index contributed by atoms with van der Waals surface area (Å²) in [6, 6.07) is 8.97. The lowest BCUT2D eigenvalue weighted by molar-refractivity contribution is 1.18. The van der Waals surface area contributed by atoms with Gasteiger partial charge in [0, 0.05) is 28.3 Å². The first-order valence-electron chi connectivity index (χ1n) is 6.65. The molecule has 0 atom stereocenters. The summed E-state index contributed by atoms with van der Waals surface area (Å²) in [4.78, 5) is 13.8. The molecule has 0 aliphatic rings. The van der Waals surface area contributed by atoms with Crippen molar-refractivity contribution in [2.24, 2.45) is 0 Å². The molecule has 9 heteroatoms. The van der Waals surface area contributed by atoms with Gasteiger partial charge in [-0.05, 0) is 24.3 Å². The lowest BCUT2D eigenvalue weighted by atomic mass is 10.3. The standard InChI is InChI=1S/C15H10Cl3N5S/c16-10-5-9(24-8-1-3-20-4-2-8)6-11(17)14(10)22-13-7-12(18)21-15(19)23-13/h1-7H,(H3,19,21,22,23). The Morgan fingerprint density at radius 2 is 1.58 bits per heavy atom. The van der Waals surface area contributed by atoms with Gasteiger partial charge in [-0.15, -0.1) is 0 Å². The molecule has 3 rings (SSSR count). The molecule has 0 aliphatic heterocycles. The van der Waals surface area contributed by atoms with Crippen LogP contribution in [0.3, 0.4) is 0 Å². The van der Waals surface area contributed by atoms with Crippen molar-refractivity contribution in [3.05, 3.63) is 57.9 Å². The minimum Gasteiger partial charge on any atom is -0.368 e. The van der Waals surface area contributed by atoms with Gasteiger partial charge in [-0.25, -0.2) is 4.98 Å². The molecule has 24 heavy (non-hydrogen) atoms. The smallest absolute Gasteiger partial charge is 0.223 e. The van der Waals surface area contributed by atoms with Crippen molar-refractivity contribution in [2.75, 3.05) is 11.1 Å². The number of rotatable bonds is 4. The molecule has 0 saturated heterocycles. The van der Waals surface area contributed by atoms with Crippen LogP contribution in [-0.2, 0) is 0 Å². The monoisotopic (exact) mass is 397 g/mol. The second-order valence-electron chi connectivity index (χ2n) is 4.61. The van der Waals surface area contributed by atoms with Gasteiger partial charge in [0.25, 0.3) is 0 Å². The fourth-order valence-electron chi connectivity index (χ4n) is 1.90. The van der Waals surface area contributed by atoms with Crippen molar-refractivity contribution in [3.8, 4) is 0 Å². The fraction of sp³-hybridized carbons (Fsp3) is 0. The molecule has 0 saturated carbocycles. The van der Waals surface area contributed by atoms with Crippen molar-refractivity contribution in [3.63, 3.8) is 0 Å². The SMILES string of the molecule is Nc1nc(Cl)cc(Nc2c(Cl)cc(Sc3ccncc3)cc2Cl)n1. The summed E-state index contributed by atoms with van der Waals surface area (Å²) in [6.07, 6.45) is 3.45. The highest BCUT2D eigenvalue weighted by Crippen LogP contribution is 2.39. The van der Waals surface area contributed by atoms with Crippen LogP contribution in [0, 0.1) is 0 Å². The second kappa shape index (κ2) is 7.44. The normalized spacial score (nSPS) is 10.6. The van der Waals surface area contributed by atoms with Crippen molar-refractivity contribution < 1.29 is 0 Å². The van der Waals surface area contributed by atoms with Crippen LogP contribution in [0.15, 0.2) is 52.5 Å². The fourth-order valence-corrected chi connectivity index (χ4v) is 3.68. The second-order valence-corrected chi connectivity index (χ2v) is 6.95. The Morgan fingerprint density at radius 1 is 0.917 bits per heavy atom. The predicted molar refractivity (Wildman–Crippen MR) is 99.6 cm³/mol. The van der Waals surface area contributed by atoms with Crippen molar-refractivity contribution in [1.82, 2.24) is 15.0 Å². The minimum atomic E-state index is 0.0575. The molecule has 122 valence electrons. The van der Waals surface area contributed by atoms with E-state index in [4.69, 9.17) is 40.5 Å². The highest BCUT2D eigenvalue weighted by molar-refractivity contribution is 7.99. The summed E-state index contributed by atoms with van der Waals surface area (Å²) in [6.45, 7) is 0. The van der Waals surface area contributed by atoms with Crippen molar-refractivity contribution in [1.29, 1.82) is 0 Å². The van der Waals surface area contributed by atoms with E-state index in [1.54, 1.807) is 12.4 Å². The quantitative estimate of drug-likeness (QED) is 0.580. The molecule has 2 aromatic heterocycles. The molecule has 1 aromatic carbocycles. The van der Waals surface area contributed by atoms with Gasteiger partial charge in [0.05, 0.1) is 15.7 Å². The lowest BCUT2D eigenvalue weighted by Crippen LogP contribution is -2.01. The number of hydrogen-bond acceptors (Lipinski definition) is 6. The Morgan fingerprint density at radius 3 is 2.21 bits per heavy atom. The van der Waals surface area contributed by atoms with Gasteiger partial charge < -0.3 is 11.1 Å². The van der Waals surface area contributed by atoms with E-state index in [-0.39, 0.29) is 11.1 Å². The van der Waals surface area contributed by atoms with E-state index in [1.165, 1.54) is 17.8 Å². The molecule has 3 N–H and O–H groups in total. The zero-order chi connectivity index (χ0) is 17.1. The van der Waals surface area contributed by atoms with Crippen LogP contribution in [0.1, 0.15) is 0 Å². The van der Waals surface area contributed by atoms with Gasteiger partial charge in [-0.1, -0.05) is 46.6 Å². The topological polar surface area (TPSA) is 76.7 Å². The predicted octanol–water partition coefficient (Wildman–Crippen LogP) is 5.31. The third-order valence-electron chi connectivity index (χ3n) is 2.87. The van der Waals surface area contributed by atoms with Crippen molar-refractivity contribution in [2.45, 2.75) is 9.79 Å². The Bertz CT molecular complexity index is 833. The number of hydrogen-bond donors (Lipinski definition) is 2. The first-order valence-corrected chi connectivity index (χ1v) is 8.60. The summed E-state index contributed by atoms with van der Waals surface area (Å²) in [7, 11) is 0. The maximum Gasteiger partial charge on any atom is 0.223 e. The van der Waals surface area contributed by atoms with E-state index >= 15 is 0 Å². The number of aromatic nitrogens is 3. The van der Waals surface area contributed by atoms with E-state index in [9.17, 15) is 0 Å². The van der Waals surface area contributed by atoms with Gasteiger partial charge in [-0.2, -0.15) is 4.98 Å². The Hall–Kier alpha value is -1.73. The Labute approximate surface area is 157 Å². The molecule has 0 fully saturated rings. The molecule has 2 heterocycles. The highest BCUT2D eigenvalue weighted by Gasteiger charge is 2.11. The molecular formula is C15H10Cl3N5S. The number of nitrogens with two attached hydrogens (primary N) is 1. The third kappa shape index (κ3) is 4.21. The zero-order valence-corrected chi connectivity index (χ0v) is 15.1. The minimum absolute atomic E-state index is 0.0575. The number of nitrogen functional groups attached to an aromatic ring is 1. The molecule has 5 nitrogen and oxygen atoms in total. The average molecular weight is 399 g/mol. The molecule has 3 aromatic rings. The average Bonchev–Trinajstić information content (AvgIpc) is 2.51. The van der Waals surface area contributed by atoms with Gasteiger partial charge in [0.1, 0.15) is 11.0 Å². The van der Waals surface area contributed by atoms with Crippen LogP contribution in [0.5, 0.6) is 0 Å². The number of pyridine rings is 1. The summed E-state index contributed by atoms with van der Waals surface area (Å²) in [5.41, 5.74) is 6.10. The maximum atomic E-state index is 6.35. The molecule has 0 unspecified atom stereocenters. The van der Waals surface area contributed by atoms with Crippen molar-refractivity contribution >= 4 is 64.0 Å². The van der Waals surface area contributed by atoms with E-state index in [0.717, 1.165) is 9.79 Å². The first-order chi connectivity index (χ1) is 11.5. The number of benzene rings is 1. The van der Waals surface area contributed by atoms with E-state index in [0.29, 0.717) is 21.6 Å². The van der Waals surface area contributed by atoms with Crippen LogP contribution in [-0.4, -0.2) is 15.0 Å². The summed E-state index contributed by atoms with van der Waals surface area (Å²) < 4.78 is 0.